The molecule has 3 N–H and O–H groups in total. The van der Waals surface area contributed by atoms with E-state index >= 15 is 0 Å². The molecule has 0 saturated carbocycles. The molecule has 0 heterocycles. The quantitative estimate of drug-likeness (QED) is 0.758. The van der Waals surface area contributed by atoms with Crippen molar-refractivity contribution in [3.05, 3.63) is 58.9 Å². The number of aromatic hydroxyl groups is 1. The maximum absolute atomic E-state index is 13.7. The highest BCUT2D eigenvalue weighted by molar-refractivity contribution is 6.08. The molecule has 0 aliphatic carbocycles. The summed E-state index contributed by atoms with van der Waals surface area (Å²) < 4.78 is 13.7. The lowest BCUT2D eigenvalue weighted by Crippen LogP contribution is -2.16. The summed E-state index contributed by atoms with van der Waals surface area (Å²) >= 11 is 0. The van der Waals surface area contributed by atoms with Crippen molar-refractivity contribution in [2.24, 2.45) is 0 Å². The van der Waals surface area contributed by atoms with Crippen molar-refractivity contribution < 1.29 is 24.2 Å². The Balaban J connectivity index is 2.34. The molecule has 108 valence electrons. The van der Waals surface area contributed by atoms with Gasteiger partial charge in [-0.2, -0.15) is 0 Å². The van der Waals surface area contributed by atoms with Crippen molar-refractivity contribution in [3.8, 4) is 5.75 Å². The van der Waals surface area contributed by atoms with Gasteiger partial charge in [0.25, 0.3) is 5.91 Å². The van der Waals surface area contributed by atoms with E-state index < -0.39 is 17.7 Å². The number of phenolic OH excluding ortho intramolecular Hbond substituents is 1. The number of phenols is 1. The average molecular weight is 289 g/mol. The zero-order valence-corrected chi connectivity index (χ0v) is 11.1. The minimum Gasteiger partial charge on any atom is -0.508 e. The third-order valence-corrected chi connectivity index (χ3v) is 2.85. The molecule has 0 bridgehead atoms. The van der Waals surface area contributed by atoms with Gasteiger partial charge in [-0.1, -0.05) is 6.07 Å². The minimum atomic E-state index is -1.31. The monoisotopic (exact) mass is 289 g/mol. The van der Waals surface area contributed by atoms with Gasteiger partial charge in [-0.25, -0.2) is 9.18 Å². The normalized spacial score (nSPS) is 10.2. The summed E-state index contributed by atoms with van der Waals surface area (Å²) in [6.45, 7) is 1.69. The number of rotatable bonds is 3. The molecular formula is C15H12FNO4. The first-order valence-electron chi connectivity index (χ1n) is 6.02. The van der Waals surface area contributed by atoms with E-state index in [-0.39, 0.29) is 22.6 Å². The van der Waals surface area contributed by atoms with E-state index in [0.717, 1.165) is 6.07 Å². The van der Waals surface area contributed by atoms with Crippen LogP contribution in [-0.2, 0) is 0 Å². The van der Waals surface area contributed by atoms with Crippen LogP contribution in [0.3, 0.4) is 0 Å². The molecular weight excluding hydrogens is 277 g/mol. The van der Waals surface area contributed by atoms with Gasteiger partial charge in [-0.15, -0.1) is 0 Å². The number of carboxylic acid groups (broad SMARTS) is 1. The Hall–Kier alpha value is -2.89. The SMILES string of the molecule is Cc1ccc(C(=O)Nc2ccc(O)cc2C(=O)O)c(F)c1. The number of carbonyl (C=O) groups is 2. The summed E-state index contributed by atoms with van der Waals surface area (Å²) in [7, 11) is 0. The number of carbonyl (C=O) groups excluding carboxylic acids is 1. The standard InChI is InChI=1S/C15H12FNO4/c1-8-2-4-10(12(16)6-8)14(19)17-13-5-3-9(18)7-11(13)15(20)21/h2-7,18H,1H3,(H,17,19)(H,20,21). The number of aromatic carboxylic acids is 1. The number of anilines is 1. The molecule has 0 atom stereocenters. The fraction of sp³-hybridized carbons (Fsp3) is 0.0667. The summed E-state index contributed by atoms with van der Waals surface area (Å²) in [6.07, 6.45) is 0. The Kier molecular flexibility index (Phi) is 3.89. The van der Waals surface area contributed by atoms with Crippen LogP contribution in [0.15, 0.2) is 36.4 Å². The number of amides is 1. The number of nitrogens with one attached hydrogen (secondary N) is 1. The molecule has 2 aromatic rings. The minimum absolute atomic E-state index is 0.0229. The van der Waals surface area contributed by atoms with Crippen molar-refractivity contribution in [1.82, 2.24) is 0 Å². The van der Waals surface area contributed by atoms with E-state index in [2.05, 4.69) is 5.32 Å². The van der Waals surface area contributed by atoms with Crippen LogP contribution < -0.4 is 5.32 Å². The highest BCUT2D eigenvalue weighted by Crippen LogP contribution is 2.22. The number of halogens is 1. The third-order valence-electron chi connectivity index (χ3n) is 2.85. The van der Waals surface area contributed by atoms with Gasteiger partial charge in [0.05, 0.1) is 16.8 Å². The van der Waals surface area contributed by atoms with Crippen LogP contribution in [0.25, 0.3) is 0 Å². The molecule has 0 saturated heterocycles. The fourth-order valence-corrected chi connectivity index (χ4v) is 1.81. The predicted octanol–water partition coefficient (Wildman–Crippen LogP) is 2.79. The molecule has 6 heteroatoms. The van der Waals surface area contributed by atoms with Gasteiger partial charge in [0.1, 0.15) is 11.6 Å². The lowest BCUT2D eigenvalue weighted by Gasteiger charge is -2.09. The summed E-state index contributed by atoms with van der Waals surface area (Å²) in [5.41, 5.74) is 0.172. The highest BCUT2D eigenvalue weighted by Gasteiger charge is 2.16. The fourth-order valence-electron chi connectivity index (χ4n) is 1.81. The van der Waals surface area contributed by atoms with E-state index in [1.807, 2.05) is 0 Å². The maximum atomic E-state index is 13.7. The molecule has 0 aromatic heterocycles. The number of hydrogen-bond acceptors (Lipinski definition) is 3. The molecule has 2 aromatic carbocycles. The molecule has 0 unspecified atom stereocenters. The Morgan fingerprint density at radius 3 is 2.43 bits per heavy atom. The Bertz CT molecular complexity index is 728. The summed E-state index contributed by atoms with van der Waals surface area (Å²) in [5, 5.41) is 20.6. The molecule has 0 aliphatic heterocycles. The Morgan fingerprint density at radius 1 is 1.10 bits per heavy atom. The largest absolute Gasteiger partial charge is 0.508 e. The zero-order valence-electron chi connectivity index (χ0n) is 11.1. The second kappa shape index (κ2) is 5.62. The molecule has 0 radical (unpaired) electrons. The van der Waals surface area contributed by atoms with Gasteiger partial charge < -0.3 is 15.5 Å². The van der Waals surface area contributed by atoms with E-state index in [4.69, 9.17) is 5.11 Å². The summed E-state index contributed by atoms with van der Waals surface area (Å²) in [6, 6.07) is 7.58. The molecule has 5 nitrogen and oxygen atoms in total. The van der Waals surface area contributed by atoms with Crippen molar-refractivity contribution in [3.63, 3.8) is 0 Å². The molecule has 21 heavy (non-hydrogen) atoms. The van der Waals surface area contributed by atoms with E-state index in [1.54, 1.807) is 13.0 Å². The molecule has 1 amide bonds. The maximum Gasteiger partial charge on any atom is 0.337 e. The summed E-state index contributed by atoms with van der Waals surface area (Å²) in [4.78, 5) is 23.1. The molecule has 0 fully saturated rings. The van der Waals surface area contributed by atoms with Gasteiger partial charge in [0.2, 0.25) is 0 Å². The first kappa shape index (κ1) is 14.5. The first-order valence-corrected chi connectivity index (χ1v) is 6.02. The number of carboxylic acids is 1. The van der Waals surface area contributed by atoms with Crippen LogP contribution in [-0.4, -0.2) is 22.1 Å². The first-order chi connectivity index (χ1) is 9.88. The van der Waals surface area contributed by atoms with Crippen LogP contribution >= 0.6 is 0 Å². The van der Waals surface area contributed by atoms with Crippen molar-refractivity contribution in [1.29, 1.82) is 0 Å². The number of aryl methyl sites for hydroxylation is 1. The smallest absolute Gasteiger partial charge is 0.337 e. The second-order valence-electron chi connectivity index (χ2n) is 4.47. The molecule has 2 rings (SSSR count). The number of benzene rings is 2. The molecule has 0 aliphatic rings. The van der Waals surface area contributed by atoms with E-state index in [1.165, 1.54) is 24.3 Å². The van der Waals surface area contributed by atoms with Crippen LogP contribution in [0.1, 0.15) is 26.3 Å². The van der Waals surface area contributed by atoms with Crippen molar-refractivity contribution in [2.45, 2.75) is 6.92 Å². The van der Waals surface area contributed by atoms with Crippen molar-refractivity contribution in [2.75, 3.05) is 5.32 Å². The van der Waals surface area contributed by atoms with Gasteiger partial charge in [0, 0.05) is 0 Å². The number of hydrogen-bond donors (Lipinski definition) is 3. The van der Waals surface area contributed by atoms with Gasteiger partial charge in [-0.3, -0.25) is 4.79 Å². The third kappa shape index (κ3) is 3.17. The van der Waals surface area contributed by atoms with Crippen LogP contribution in [0.4, 0.5) is 10.1 Å². The lowest BCUT2D eigenvalue weighted by atomic mass is 10.1. The summed E-state index contributed by atoms with van der Waals surface area (Å²) in [5.74, 6) is -3.01. The van der Waals surface area contributed by atoms with Crippen LogP contribution in [0, 0.1) is 12.7 Å². The zero-order chi connectivity index (χ0) is 15.6. The van der Waals surface area contributed by atoms with Crippen LogP contribution in [0.2, 0.25) is 0 Å². The van der Waals surface area contributed by atoms with E-state index in [9.17, 15) is 19.1 Å². The molecule has 0 spiro atoms. The van der Waals surface area contributed by atoms with Gasteiger partial charge in [-0.05, 0) is 42.8 Å². The average Bonchev–Trinajstić information content (AvgIpc) is 2.40. The van der Waals surface area contributed by atoms with Gasteiger partial charge >= 0.3 is 5.97 Å². The highest BCUT2D eigenvalue weighted by atomic mass is 19.1. The van der Waals surface area contributed by atoms with Crippen LogP contribution in [0.5, 0.6) is 5.75 Å². The second-order valence-corrected chi connectivity index (χ2v) is 4.47. The Morgan fingerprint density at radius 2 is 1.81 bits per heavy atom. The lowest BCUT2D eigenvalue weighted by molar-refractivity contribution is 0.0697. The topological polar surface area (TPSA) is 86.6 Å². The van der Waals surface area contributed by atoms with E-state index in [0.29, 0.717) is 5.56 Å². The predicted molar refractivity (Wildman–Crippen MR) is 74.2 cm³/mol. The van der Waals surface area contributed by atoms with Gasteiger partial charge in [0.15, 0.2) is 0 Å². The van der Waals surface area contributed by atoms with Crippen molar-refractivity contribution >= 4 is 17.6 Å². The Labute approximate surface area is 119 Å².